The number of ether oxygens (including phenoxy) is 1. The van der Waals surface area contributed by atoms with E-state index in [2.05, 4.69) is 0 Å². The predicted octanol–water partition coefficient (Wildman–Crippen LogP) is 5.67. The Balaban J connectivity index is 1.81. The molecule has 0 aliphatic heterocycles. The molecule has 0 amide bonds. The van der Waals surface area contributed by atoms with E-state index in [1.54, 1.807) is 42.0 Å². The number of carbonyl (C=O) groups is 1. The van der Waals surface area contributed by atoms with Crippen molar-refractivity contribution in [1.29, 1.82) is 0 Å². The molecule has 2 aromatic carbocycles. The quantitative estimate of drug-likeness (QED) is 0.473. The lowest BCUT2D eigenvalue weighted by Gasteiger charge is -2.13. The van der Waals surface area contributed by atoms with Gasteiger partial charge in [-0.1, -0.05) is 53.5 Å². The minimum absolute atomic E-state index is 0.0642. The van der Waals surface area contributed by atoms with Gasteiger partial charge in [-0.3, -0.25) is 4.79 Å². The van der Waals surface area contributed by atoms with Crippen molar-refractivity contribution < 1.29 is 14.6 Å². The lowest BCUT2D eigenvalue weighted by molar-refractivity contribution is 0.0697. The first-order valence-corrected chi connectivity index (χ1v) is 10.4. The molecule has 0 aliphatic carbocycles. The van der Waals surface area contributed by atoms with Crippen LogP contribution in [-0.4, -0.2) is 22.8 Å². The summed E-state index contributed by atoms with van der Waals surface area (Å²) in [6.45, 7) is 0.414. The topological polar surface area (TPSA) is 68.5 Å². The van der Waals surface area contributed by atoms with Crippen LogP contribution in [0.4, 0.5) is 0 Å². The maximum absolute atomic E-state index is 12.7. The number of rotatable bonds is 8. The monoisotopic (exact) mass is 457 g/mol. The van der Waals surface area contributed by atoms with Crippen molar-refractivity contribution in [1.82, 2.24) is 4.57 Å². The number of methoxy groups -OCH3 is 1. The zero-order valence-corrected chi connectivity index (χ0v) is 18.4. The molecule has 3 rings (SSSR count). The predicted molar refractivity (Wildman–Crippen MR) is 124 cm³/mol. The van der Waals surface area contributed by atoms with E-state index in [1.165, 1.54) is 6.07 Å². The fraction of sp³-hybridized carbons (Fsp3) is 0.167. The summed E-state index contributed by atoms with van der Waals surface area (Å²) in [6.07, 6.45) is 4.98. The van der Waals surface area contributed by atoms with Gasteiger partial charge in [0.05, 0.1) is 23.4 Å². The third-order valence-corrected chi connectivity index (χ3v) is 5.39. The number of nitrogens with zero attached hydrogens (tertiary/aromatic N) is 1. The number of pyridine rings is 1. The molecule has 0 unspecified atom stereocenters. The van der Waals surface area contributed by atoms with Crippen LogP contribution >= 0.6 is 23.2 Å². The summed E-state index contributed by atoms with van der Waals surface area (Å²) in [5.74, 6) is -0.227. The fourth-order valence-electron chi connectivity index (χ4n) is 3.18. The van der Waals surface area contributed by atoms with Crippen LogP contribution in [0.25, 0.3) is 12.2 Å². The SMILES string of the molecule is COc1cccc(/C=C/c2c(Cl)cc(Cl)c(=O)n2CCCc2ccc(C(=O)O)cc2)c1. The molecule has 3 aromatic rings. The van der Waals surface area contributed by atoms with Crippen LogP contribution in [-0.2, 0) is 13.0 Å². The average molecular weight is 458 g/mol. The van der Waals surface area contributed by atoms with Crippen LogP contribution in [0, 0.1) is 0 Å². The number of hydrogen-bond donors (Lipinski definition) is 1. The molecular weight excluding hydrogens is 437 g/mol. The summed E-state index contributed by atoms with van der Waals surface area (Å²) in [5, 5.41) is 9.45. The highest BCUT2D eigenvalue weighted by Gasteiger charge is 2.11. The van der Waals surface area contributed by atoms with Crippen LogP contribution in [0.15, 0.2) is 59.4 Å². The van der Waals surface area contributed by atoms with E-state index in [0.717, 1.165) is 16.9 Å². The fourth-order valence-corrected chi connectivity index (χ4v) is 3.72. The van der Waals surface area contributed by atoms with Crippen molar-refractivity contribution in [3.05, 3.63) is 97.4 Å². The molecule has 7 heteroatoms. The van der Waals surface area contributed by atoms with Gasteiger partial charge in [0, 0.05) is 6.54 Å². The van der Waals surface area contributed by atoms with E-state index in [4.69, 9.17) is 33.0 Å². The number of aryl methyl sites for hydroxylation is 1. The summed E-state index contributed by atoms with van der Waals surface area (Å²) in [6, 6.07) is 15.7. The molecule has 1 heterocycles. The van der Waals surface area contributed by atoms with Crippen LogP contribution in [0.3, 0.4) is 0 Å². The molecule has 31 heavy (non-hydrogen) atoms. The molecule has 0 saturated heterocycles. The highest BCUT2D eigenvalue weighted by atomic mass is 35.5. The third-order valence-electron chi connectivity index (χ3n) is 4.81. The first-order valence-electron chi connectivity index (χ1n) is 9.62. The Kier molecular flexibility index (Phi) is 7.55. The second-order valence-electron chi connectivity index (χ2n) is 6.90. The molecule has 0 aliphatic rings. The van der Waals surface area contributed by atoms with Crippen LogP contribution in [0.5, 0.6) is 5.75 Å². The summed E-state index contributed by atoms with van der Waals surface area (Å²) in [5.41, 5.74) is 2.40. The van der Waals surface area contributed by atoms with Crippen molar-refractivity contribution in [3.8, 4) is 5.75 Å². The zero-order valence-electron chi connectivity index (χ0n) is 16.8. The normalized spacial score (nSPS) is 11.1. The number of carboxylic acid groups (broad SMARTS) is 1. The number of carboxylic acids is 1. The molecule has 0 radical (unpaired) electrons. The zero-order chi connectivity index (χ0) is 22.4. The van der Waals surface area contributed by atoms with Crippen molar-refractivity contribution in [2.45, 2.75) is 19.4 Å². The van der Waals surface area contributed by atoms with Gasteiger partial charge in [-0.15, -0.1) is 0 Å². The Morgan fingerprint density at radius 3 is 2.48 bits per heavy atom. The van der Waals surface area contributed by atoms with Gasteiger partial charge >= 0.3 is 5.97 Å². The Morgan fingerprint density at radius 1 is 1.06 bits per heavy atom. The highest BCUT2D eigenvalue weighted by Crippen LogP contribution is 2.22. The maximum atomic E-state index is 12.7. The lowest BCUT2D eigenvalue weighted by atomic mass is 10.1. The number of aromatic nitrogens is 1. The molecule has 0 bridgehead atoms. The average Bonchev–Trinajstić information content (AvgIpc) is 2.77. The van der Waals surface area contributed by atoms with Gasteiger partial charge in [0.15, 0.2) is 0 Å². The number of aromatic carboxylic acids is 1. The van der Waals surface area contributed by atoms with Crippen molar-refractivity contribution in [2.75, 3.05) is 7.11 Å². The van der Waals surface area contributed by atoms with Gasteiger partial charge in [0.1, 0.15) is 10.8 Å². The van der Waals surface area contributed by atoms with Gasteiger partial charge < -0.3 is 14.4 Å². The van der Waals surface area contributed by atoms with E-state index >= 15 is 0 Å². The third kappa shape index (κ3) is 5.78. The maximum Gasteiger partial charge on any atom is 0.335 e. The molecule has 5 nitrogen and oxygen atoms in total. The van der Waals surface area contributed by atoms with Gasteiger partial charge in [-0.05, 0) is 60.4 Å². The minimum Gasteiger partial charge on any atom is -0.497 e. The Morgan fingerprint density at radius 2 is 1.81 bits per heavy atom. The van der Waals surface area contributed by atoms with E-state index in [9.17, 15) is 9.59 Å². The van der Waals surface area contributed by atoms with Crippen LogP contribution in [0.1, 0.15) is 33.6 Å². The second-order valence-corrected chi connectivity index (χ2v) is 7.71. The number of hydrogen-bond acceptors (Lipinski definition) is 3. The molecule has 1 N–H and O–H groups in total. The Hall–Kier alpha value is -3.02. The smallest absolute Gasteiger partial charge is 0.335 e. The largest absolute Gasteiger partial charge is 0.497 e. The van der Waals surface area contributed by atoms with Crippen molar-refractivity contribution >= 4 is 41.3 Å². The molecule has 1 aromatic heterocycles. The Bertz CT molecular complexity index is 1170. The molecule has 0 fully saturated rings. The van der Waals surface area contributed by atoms with Crippen LogP contribution in [0.2, 0.25) is 10.0 Å². The molecule has 160 valence electrons. The summed E-state index contributed by atoms with van der Waals surface area (Å²) in [4.78, 5) is 23.6. The summed E-state index contributed by atoms with van der Waals surface area (Å²) < 4.78 is 6.80. The molecule has 0 saturated carbocycles. The van der Waals surface area contributed by atoms with Gasteiger partial charge in [-0.25, -0.2) is 4.79 Å². The first kappa shape index (κ1) is 22.7. The highest BCUT2D eigenvalue weighted by molar-refractivity contribution is 6.35. The number of benzene rings is 2. The molecule has 0 atom stereocenters. The van der Waals surface area contributed by atoms with E-state index in [0.29, 0.717) is 30.1 Å². The van der Waals surface area contributed by atoms with Gasteiger partial charge in [0.25, 0.3) is 5.56 Å². The lowest BCUT2D eigenvalue weighted by Crippen LogP contribution is -2.23. The van der Waals surface area contributed by atoms with E-state index in [-0.39, 0.29) is 16.1 Å². The molecule has 0 spiro atoms. The Labute approximate surface area is 190 Å². The second kappa shape index (κ2) is 10.3. The standard InChI is InChI=1S/C24H21Cl2NO4/c1-31-19-6-2-4-17(14-19)9-12-22-20(25)15-21(26)23(28)27(22)13-3-5-16-7-10-18(11-8-16)24(29)30/h2,4,6-12,14-15H,3,5,13H2,1H3,(H,29,30)/b12-9+. The van der Waals surface area contributed by atoms with Gasteiger partial charge in [0.2, 0.25) is 0 Å². The summed E-state index contributed by atoms with van der Waals surface area (Å²) in [7, 11) is 1.60. The van der Waals surface area contributed by atoms with E-state index in [1.807, 2.05) is 30.3 Å². The minimum atomic E-state index is -0.959. The van der Waals surface area contributed by atoms with E-state index < -0.39 is 5.97 Å². The van der Waals surface area contributed by atoms with Crippen molar-refractivity contribution in [3.63, 3.8) is 0 Å². The van der Waals surface area contributed by atoms with Crippen LogP contribution < -0.4 is 10.3 Å². The van der Waals surface area contributed by atoms with Crippen molar-refractivity contribution in [2.24, 2.45) is 0 Å². The number of halogens is 2. The molecular formula is C24H21Cl2NO4. The van der Waals surface area contributed by atoms with Gasteiger partial charge in [-0.2, -0.15) is 0 Å². The first-order chi connectivity index (χ1) is 14.9. The summed E-state index contributed by atoms with van der Waals surface area (Å²) >= 11 is 12.5.